The predicted octanol–water partition coefficient (Wildman–Crippen LogP) is 3.10. The van der Waals surface area contributed by atoms with E-state index in [4.69, 9.17) is 0 Å². The highest BCUT2D eigenvalue weighted by Crippen LogP contribution is 2.29. The largest absolute Gasteiger partial charge is 0.325 e. The van der Waals surface area contributed by atoms with Gasteiger partial charge in [-0.2, -0.15) is 0 Å². The Morgan fingerprint density at radius 2 is 2.10 bits per heavy atom. The molecule has 1 aromatic carbocycles. The summed E-state index contributed by atoms with van der Waals surface area (Å²) in [6.45, 7) is 5.22. The summed E-state index contributed by atoms with van der Waals surface area (Å²) in [6, 6.07) is 7.36. The lowest BCUT2D eigenvalue weighted by Gasteiger charge is -2.30. The Kier molecular flexibility index (Phi) is 7.72. The predicted molar refractivity (Wildman–Crippen MR) is 122 cm³/mol. The molecule has 1 fully saturated rings. The van der Waals surface area contributed by atoms with Crippen molar-refractivity contribution in [1.82, 2.24) is 19.1 Å². The minimum Gasteiger partial charge on any atom is -0.325 e. The van der Waals surface area contributed by atoms with Gasteiger partial charge in [0.2, 0.25) is 15.9 Å². The number of nitrogens with zero attached hydrogens (tertiary/aromatic N) is 4. The van der Waals surface area contributed by atoms with Crippen LogP contribution in [0, 0.1) is 0 Å². The molecule has 2 aromatic rings. The second-order valence-electron chi connectivity index (χ2n) is 7.04. The first-order chi connectivity index (χ1) is 14.3. The van der Waals surface area contributed by atoms with Gasteiger partial charge in [0.15, 0.2) is 5.16 Å². The summed E-state index contributed by atoms with van der Waals surface area (Å²) in [5, 5.41) is 12.1. The van der Waals surface area contributed by atoms with Gasteiger partial charge in [-0.3, -0.25) is 4.79 Å². The summed E-state index contributed by atoms with van der Waals surface area (Å²) in [6.07, 6.45) is 4.60. The number of rotatable bonds is 8. The van der Waals surface area contributed by atoms with Gasteiger partial charge in [-0.05, 0) is 37.1 Å². The maximum atomic E-state index is 12.3. The number of aromatic nitrogens is 3. The summed E-state index contributed by atoms with van der Waals surface area (Å²) < 4.78 is 28.2. The Morgan fingerprint density at radius 3 is 2.77 bits per heavy atom. The number of carbonyl (C=O) groups excluding carboxylic acids is 1. The molecule has 1 atom stereocenters. The van der Waals surface area contributed by atoms with E-state index in [0.717, 1.165) is 28.8 Å². The molecule has 8 nitrogen and oxygen atoms in total. The molecular weight excluding hydrogens is 490 g/mol. The first-order valence-electron chi connectivity index (χ1n) is 9.45. The van der Waals surface area contributed by atoms with Crippen molar-refractivity contribution < 1.29 is 13.2 Å². The van der Waals surface area contributed by atoms with Gasteiger partial charge in [-0.1, -0.05) is 33.8 Å². The summed E-state index contributed by atoms with van der Waals surface area (Å²) in [4.78, 5) is 12.3. The van der Waals surface area contributed by atoms with Crippen molar-refractivity contribution in [2.45, 2.75) is 30.5 Å². The van der Waals surface area contributed by atoms with Crippen LogP contribution in [0.4, 0.5) is 5.69 Å². The fraction of sp³-hybridized carbons (Fsp3) is 0.421. The second kappa shape index (κ2) is 10.1. The summed E-state index contributed by atoms with van der Waals surface area (Å²) >= 11 is 4.66. The van der Waals surface area contributed by atoms with Gasteiger partial charge in [0, 0.05) is 35.7 Å². The quantitative estimate of drug-likeness (QED) is 0.430. The van der Waals surface area contributed by atoms with E-state index in [9.17, 15) is 13.2 Å². The highest BCUT2D eigenvalue weighted by molar-refractivity contribution is 9.10. The molecule has 1 saturated heterocycles. The van der Waals surface area contributed by atoms with Crippen LogP contribution in [-0.2, 0) is 21.4 Å². The van der Waals surface area contributed by atoms with Crippen LogP contribution in [-0.4, -0.2) is 58.5 Å². The summed E-state index contributed by atoms with van der Waals surface area (Å²) in [5.74, 6) is 0.745. The van der Waals surface area contributed by atoms with Crippen LogP contribution in [0.5, 0.6) is 0 Å². The number of benzene rings is 1. The number of sulfonamides is 1. The SMILES string of the molecule is C=CCn1c(SCC(=O)Nc2ccc(Br)cc2)nnc1C1CCCN(S(C)(=O)=O)C1. The van der Waals surface area contributed by atoms with Gasteiger partial charge in [0.05, 0.1) is 12.0 Å². The maximum absolute atomic E-state index is 12.3. The molecule has 3 rings (SSSR count). The molecule has 0 aliphatic carbocycles. The number of allylic oxidation sites excluding steroid dienone is 1. The number of hydrogen-bond donors (Lipinski definition) is 1. The van der Waals surface area contributed by atoms with Crippen molar-refractivity contribution >= 4 is 49.3 Å². The molecule has 30 heavy (non-hydrogen) atoms. The number of thioether (sulfide) groups is 1. The third kappa shape index (κ3) is 5.93. The molecule has 162 valence electrons. The Balaban J connectivity index is 1.68. The first kappa shape index (κ1) is 23.0. The smallest absolute Gasteiger partial charge is 0.234 e. The van der Waals surface area contributed by atoms with Gasteiger partial charge < -0.3 is 9.88 Å². The van der Waals surface area contributed by atoms with Crippen LogP contribution in [0.1, 0.15) is 24.6 Å². The molecule has 2 heterocycles. The molecule has 11 heteroatoms. The lowest BCUT2D eigenvalue weighted by atomic mass is 9.99. The van der Waals surface area contributed by atoms with Crippen molar-refractivity contribution in [3.8, 4) is 0 Å². The summed E-state index contributed by atoms with van der Waals surface area (Å²) in [7, 11) is -3.24. The van der Waals surface area contributed by atoms with Crippen LogP contribution in [0.3, 0.4) is 0 Å². The van der Waals surface area contributed by atoms with Gasteiger partial charge >= 0.3 is 0 Å². The average Bonchev–Trinajstić information content (AvgIpc) is 3.11. The van der Waals surface area contributed by atoms with E-state index in [1.807, 2.05) is 28.8 Å². The molecule has 0 spiro atoms. The maximum Gasteiger partial charge on any atom is 0.234 e. The molecule has 0 bridgehead atoms. The van der Waals surface area contributed by atoms with E-state index in [0.29, 0.717) is 24.8 Å². The third-order valence-electron chi connectivity index (χ3n) is 4.74. The molecule has 1 N–H and O–H groups in total. The summed E-state index contributed by atoms with van der Waals surface area (Å²) in [5.41, 5.74) is 0.722. The minimum absolute atomic E-state index is 0.0353. The Morgan fingerprint density at radius 1 is 1.37 bits per heavy atom. The average molecular weight is 514 g/mol. The van der Waals surface area contributed by atoms with Crippen LogP contribution in [0.15, 0.2) is 46.5 Å². The zero-order chi connectivity index (χ0) is 21.7. The Labute approximate surface area is 189 Å². The number of anilines is 1. The Hall–Kier alpha value is -1.69. The van der Waals surface area contributed by atoms with Crippen LogP contribution in [0.25, 0.3) is 0 Å². The first-order valence-corrected chi connectivity index (χ1v) is 13.1. The molecular formula is C19H24BrN5O3S2. The van der Waals surface area contributed by atoms with E-state index < -0.39 is 10.0 Å². The van der Waals surface area contributed by atoms with E-state index in [-0.39, 0.29) is 17.6 Å². The van der Waals surface area contributed by atoms with Crippen molar-refractivity contribution in [3.63, 3.8) is 0 Å². The highest BCUT2D eigenvalue weighted by atomic mass is 79.9. The standard InChI is InChI=1S/C19H24BrN5O3S2/c1-3-10-25-18(14-5-4-11-24(12-14)30(2,27)28)22-23-19(25)29-13-17(26)21-16-8-6-15(20)7-9-16/h3,6-9,14H,1,4-5,10-13H2,2H3,(H,21,26). The lowest BCUT2D eigenvalue weighted by molar-refractivity contribution is -0.113. The van der Waals surface area contributed by atoms with Crippen molar-refractivity contribution in [2.75, 3.05) is 30.4 Å². The monoisotopic (exact) mass is 513 g/mol. The molecule has 0 radical (unpaired) electrons. The van der Waals surface area contributed by atoms with Crippen molar-refractivity contribution in [3.05, 3.63) is 47.2 Å². The normalized spacial score (nSPS) is 17.6. The van der Waals surface area contributed by atoms with Gasteiger partial charge in [-0.25, -0.2) is 12.7 Å². The van der Waals surface area contributed by atoms with E-state index in [1.165, 1.54) is 22.3 Å². The Bertz CT molecular complexity index is 1010. The number of halogens is 1. The zero-order valence-corrected chi connectivity index (χ0v) is 19.8. The second-order valence-corrected chi connectivity index (χ2v) is 10.9. The number of nitrogens with one attached hydrogen (secondary N) is 1. The zero-order valence-electron chi connectivity index (χ0n) is 16.6. The van der Waals surface area contributed by atoms with Crippen molar-refractivity contribution in [2.24, 2.45) is 0 Å². The number of amides is 1. The molecule has 1 aromatic heterocycles. The molecule has 1 aliphatic heterocycles. The topological polar surface area (TPSA) is 97.2 Å². The van der Waals surface area contributed by atoms with E-state index >= 15 is 0 Å². The van der Waals surface area contributed by atoms with Crippen LogP contribution < -0.4 is 5.32 Å². The minimum atomic E-state index is -3.24. The highest BCUT2D eigenvalue weighted by Gasteiger charge is 2.30. The van der Waals surface area contributed by atoms with Crippen molar-refractivity contribution in [1.29, 1.82) is 0 Å². The number of hydrogen-bond acceptors (Lipinski definition) is 6. The molecule has 1 aliphatic rings. The third-order valence-corrected chi connectivity index (χ3v) is 7.50. The molecule has 1 amide bonds. The van der Waals surface area contributed by atoms with Gasteiger partial charge in [0.1, 0.15) is 5.82 Å². The van der Waals surface area contributed by atoms with E-state index in [1.54, 1.807) is 6.08 Å². The lowest BCUT2D eigenvalue weighted by Crippen LogP contribution is -2.39. The van der Waals surface area contributed by atoms with Gasteiger partial charge in [-0.15, -0.1) is 16.8 Å². The van der Waals surface area contributed by atoms with Crippen LogP contribution in [0.2, 0.25) is 0 Å². The molecule has 0 saturated carbocycles. The van der Waals surface area contributed by atoms with Gasteiger partial charge in [0.25, 0.3) is 0 Å². The fourth-order valence-corrected chi connectivity index (χ4v) is 5.25. The van der Waals surface area contributed by atoms with Crippen LogP contribution >= 0.6 is 27.7 Å². The van der Waals surface area contributed by atoms with E-state index in [2.05, 4.69) is 38.0 Å². The number of carbonyl (C=O) groups is 1. The molecule has 1 unspecified atom stereocenters. The number of piperidine rings is 1. The fourth-order valence-electron chi connectivity index (χ4n) is 3.32.